The van der Waals surface area contributed by atoms with Gasteiger partial charge in [-0.1, -0.05) is 76.2 Å². The van der Waals surface area contributed by atoms with Crippen molar-refractivity contribution in [1.29, 1.82) is 0 Å². The number of carbonyl (C=O) groups excluding carboxylic acids is 2. The highest BCUT2D eigenvalue weighted by atomic mass is 16.5. The highest BCUT2D eigenvalue weighted by Gasteiger charge is 2.40. The van der Waals surface area contributed by atoms with Crippen molar-refractivity contribution in [3.05, 3.63) is 70.8 Å². The van der Waals surface area contributed by atoms with Crippen LogP contribution in [0, 0.1) is 0 Å². The fourth-order valence-electron chi connectivity index (χ4n) is 4.71. The highest BCUT2D eigenvalue weighted by molar-refractivity contribution is 5.91. The Morgan fingerprint density at radius 3 is 1.18 bits per heavy atom. The number of esters is 2. The number of ether oxygens (including phenoxy) is 2. The lowest BCUT2D eigenvalue weighted by Gasteiger charge is -2.32. The van der Waals surface area contributed by atoms with Gasteiger partial charge >= 0.3 is 11.9 Å². The SMILES string of the molecule is CCN(CC)CCOC(=O)C1c2ccccc2C(C(=O)OCCN(CC)CC)c2ccccc21. The quantitative estimate of drug-likeness (QED) is 0.440. The van der Waals surface area contributed by atoms with Crippen molar-refractivity contribution in [3.8, 4) is 0 Å². The first-order valence-electron chi connectivity index (χ1n) is 12.5. The molecular weight excluding hydrogens is 428 g/mol. The summed E-state index contributed by atoms with van der Waals surface area (Å²) in [4.78, 5) is 31.1. The molecule has 0 saturated carbocycles. The zero-order valence-electron chi connectivity index (χ0n) is 21.0. The summed E-state index contributed by atoms with van der Waals surface area (Å²) in [5, 5.41) is 0. The number of hydrogen-bond acceptors (Lipinski definition) is 6. The van der Waals surface area contributed by atoms with E-state index in [1.165, 1.54) is 0 Å². The molecule has 1 aliphatic carbocycles. The first-order chi connectivity index (χ1) is 16.5. The Bertz CT molecular complexity index is 829. The summed E-state index contributed by atoms with van der Waals surface area (Å²) in [5.41, 5.74) is 3.28. The van der Waals surface area contributed by atoms with Crippen LogP contribution in [0.15, 0.2) is 48.5 Å². The summed E-state index contributed by atoms with van der Waals surface area (Å²) in [5.74, 6) is -1.66. The Kier molecular flexibility index (Phi) is 9.66. The molecule has 0 aromatic heterocycles. The van der Waals surface area contributed by atoms with Crippen molar-refractivity contribution >= 4 is 11.9 Å². The molecule has 0 spiro atoms. The monoisotopic (exact) mass is 466 g/mol. The molecule has 34 heavy (non-hydrogen) atoms. The second kappa shape index (κ2) is 12.7. The van der Waals surface area contributed by atoms with Gasteiger partial charge in [0.25, 0.3) is 0 Å². The molecule has 6 heteroatoms. The minimum atomic E-state index is -0.552. The van der Waals surface area contributed by atoms with E-state index in [2.05, 4.69) is 37.5 Å². The molecule has 184 valence electrons. The number of nitrogens with zero attached hydrogens (tertiary/aromatic N) is 2. The molecule has 1 aliphatic rings. The smallest absolute Gasteiger partial charge is 0.317 e. The number of benzene rings is 2. The van der Waals surface area contributed by atoms with Crippen molar-refractivity contribution in [3.63, 3.8) is 0 Å². The molecule has 0 saturated heterocycles. The van der Waals surface area contributed by atoms with E-state index in [1.807, 2.05) is 48.5 Å². The van der Waals surface area contributed by atoms with Gasteiger partial charge in [-0.15, -0.1) is 0 Å². The largest absolute Gasteiger partial charge is 0.464 e. The van der Waals surface area contributed by atoms with Crippen LogP contribution >= 0.6 is 0 Å². The highest BCUT2D eigenvalue weighted by Crippen LogP contribution is 2.44. The standard InChI is InChI=1S/C28H38N2O4/c1-5-29(6-2)17-19-33-27(31)25-21-13-9-11-15-23(21)26(24-16-12-10-14-22(24)25)28(32)34-20-18-30(7-3)8-4/h9-16,25-26H,5-8,17-20H2,1-4H3. The maximum Gasteiger partial charge on any atom is 0.317 e. The van der Waals surface area contributed by atoms with E-state index in [4.69, 9.17) is 9.47 Å². The van der Waals surface area contributed by atoms with Gasteiger partial charge in [0, 0.05) is 13.1 Å². The number of hydrogen-bond donors (Lipinski definition) is 0. The summed E-state index contributed by atoms with van der Waals surface area (Å²) in [7, 11) is 0. The summed E-state index contributed by atoms with van der Waals surface area (Å²) in [6.45, 7) is 14.2. The van der Waals surface area contributed by atoms with Crippen LogP contribution in [0.2, 0.25) is 0 Å². The van der Waals surface area contributed by atoms with Crippen molar-refractivity contribution in [1.82, 2.24) is 9.80 Å². The number of likely N-dealkylation sites (N-methyl/N-ethyl adjacent to an activating group) is 2. The average Bonchev–Trinajstić information content (AvgIpc) is 2.87. The predicted molar refractivity (Wildman–Crippen MR) is 134 cm³/mol. The zero-order valence-corrected chi connectivity index (χ0v) is 21.0. The second-order valence-electron chi connectivity index (χ2n) is 8.51. The first-order valence-corrected chi connectivity index (χ1v) is 12.5. The Morgan fingerprint density at radius 2 is 0.912 bits per heavy atom. The molecule has 3 rings (SSSR count). The van der Waals surface area contributed by atoms with Gasteiger partial charge in [-0.2, -0.15) is 0 Å². The molecular formula is C28H38N2O4. The summed E-state index contributed by atoms with van der Waals surface area (Å²) >= 11 is 0. The minimum Gasteiger partial charge on any atom is -0.464 e. The zero-order chi connectivity index (χ0) is 24.5. The van der Waals surface area contributed by atoms with Crippen molar-refractivity contribution in [2.75, 3.05) is 52.5 Å². The van der Waals surface area contributed by atoms with Crippen LogP contribution in [-0.2, 0) is 19.1 Å². The molecule has 6 nitrogen and oxygen atoms in total. The fraction of sp³-hybridized carbons (Fsp3) is 0.500. The van der Waals surface area contributed by atoms with E-state index in [9.17, 15) is 9.59 Å². The molecule has 0 atom stereocenters. The number of carbonyl (C=O) groups is 2. The van der Waals surface area contributed by atoms with Gasteiger partial charge in [0.1, 0.15) is 25.0 Å². The van der Waals surface area contributed by atoms with E-state index in [0.29, 0.717) is 26.3 Å². The third kappa shape index (κ3) is 5.86. The molecule has 2 aromatic rings. The molecule has 0 fully saturated rings. The molecule has 0 heterocycles. The lowest BCUT2D eigenvalue weighted by Crippen LogP contribution is -2.33. The molecule has 2 aromatic carbocycles. The minimum absolute atomic E-state index is 0.277. The normalized spacial score (nSPS) is 16.8. The maximum absolute atomic E-state index is 13.3. The van der Waals surface area contributed by atoms with E-state index in [1.54, 1.807) is 0 Å². The van der Waals surface area contributed by atoms with Crippen LogP contribution in [0.25, 0.3) is 0 Å². The van der Waals surface area contributed by atoms with E-state index >= 15 is 0 Å². The first kappa shape index (κ1) is 25.9. The third-order valence-corrected chi connectivity index (χ3v) is 6.80. The summed E-state index contributed by atoms with van der Waals surface area (Å²) in [6.07, 6.45) is 0. The Labute approximate surface area is 203 Å². The maximum atomic E-state index is 13.3. The van der Waals surface area contributed by atoms with Crippen LogP contribution in [0.4, 0.5) is 0 Å². The van der Waals surface area contributed by atoms with Crippen LogP contribution in [0.3, 0.4) is 0 Å². The molecule has 0 bridgehead atoms. The topological polar surface area (TPSA) is 59.1 Å². The summed E-state index contributed by atoms with van der Waals surface area (Å²) < 4.78 is 11.5. The lowest BCUT2D eigenvalue weighted by molar-refractivity contribution is -0.147. The van der Waals surface area contributed by atoms with E-state index in [0.717, 1.165) is 48.4 Å². The number of fused-ring (bicyclic) bond motifs is 2. The van der Waals surface area contributed by atoms with Crippen LogP contribution in [0.5, 0.6) is 0 Å². The molecule has 0 aliphatic heterocycles. The van der Waals surface area contributed by atoms with Gasteiger partial charge < -0.3 is 19.3 Å². The Hall–Kier alpha value is -2.70. The van der Waals surface area contributed by atoms with Gasteiger partial charge in [0.15, 0.2) is 0 Å². The van der Waals surface area contributed by atoms with E-state index in [-0.39, 0.29) is 11.9 Å². The molecule has 0 amide bonds. The van der Waals surface area contributed by atoms with Crippen LogP contribution < -0.4 is 0 Å². The van der Waals surface area contributed by atoms with Gasteiger partial charge in [-0.25, -0.2) is 0 Å². The van der Waals surface area contributed by atoms with Gasteiger partial charge in [0.05, 0.1) is 0 Å². The number of rotatable bonds is 12. The second-order valence-corrected chi connectivity index (χ2v) is 8.51. The average molecular weight is 467 g/mol. The van der Waals surface area contributed by atoms with Gasteiger partial charge in [-0.3, -0.25) is 9.59 Å². The van der Waals surface area contributed by atoms with Crippen molar-refractivity contribution < 1.29 is 19.1 Å². The van der Waals surface area contributed by atoms with Gasteiger partial charge in [0.2, 0.25) is 0 Å². The summed E-state index contributed by atoms with van der Waals surface area (Å²) in [6, 6.07) is 15.3. The van der Waals surface area contributed by atoms with Crippen LogP contribution in [0.1, 0.15) is 61.8 Å². The molecule has 0 radical (unpaired) electrons. The molecule has 0 unspecified atom stereocenters. The lowest BCUT2D eigenvalue weighted by atomic mass is 9.72. The van der Waals surface area contributed by atoms with Gasteiger partial charge in [-0.05, 0) is 48.4 Å². The predicted octanol–water partition coefficient (Wildman–Crippen LogP) is 4.03. The van der Waals surface area contributed by atoms with Crippen molar-refractivity contribution in [2.45, 2.75) is 39.5 Å². The van der Waals surface area contributed by atoms with Crippen molar-refractivity contribution in [2.24, 2.45) is 0 Å². The third-order valence-electron chi connectivity index (χ3n) is 6.80. The molecule has 0 N–H and O–H groups in total. The van der Waals surface area contributed by atoms with E-state index < -0.39 is 11.8 Å². The Balaban J connectivity index is 1.84. The Morgan fingerprint density at radius 1 is 0.618 bits per heavy atom. The van der Waals surface area contributed by atoms with Crippen LogP contribution in [-0.4, -0.2) is 74.2 Å². The fourth-order valence-corrected chi connectivity index (χ4v) is 4.71.